The molecular weight excluding hydrogens is 354 g/mol. The van der Waals surface area contributed by atoms with E-state index in [0.29, 0.717) is 10.0 Å². The molecule has 0 aliphatic heterocycles. The van der Waals surface area contributed by atoms with Crippen LogP contribution in [0.5, 0.6) is 0 Å². The number of hydrogen-bond donors (Lipinski definition) is 0. The Morgan fingerprint density at radius 3 is 2.44 bits per heavy atom. The molecule has 0 saturated carbocycles. The van der Waals surface area contributed by atoms with Crippen molar-refractivity contribution in [1.82, 2.24) is 0 Å². The molecule has 0 atom stereocenters. The summed E-state index contributed by atoms with van der Waals surface area (Å²) in [7, 11) is 0. The van der Waals surface area contributed by atoms with E-state index in [1.54, 1.807) is 6.07 Å². The molecule has 0 radical (unpaired) electrons. The summed E-state index contributed by atoms with van der Waals surface area (Å²) in [5.41, 5.74) is 3.35. The van der Waals surface area contributed by atoms with E-state index in [9.17, 15) is 0 Å². The summed E-state index contributed by atoms with van der Waals surface area (Å²) in [6.45, 7) is 2.07. The zero-order chi connectivity index (χ0) is 11.7. The van der Waals surface area contributed by atoms with Crippen LogP contribution in [0.4, 0.5) is 0 Å². The molecule has 0 heterocycles. The topological polar surface area (TPSA) is 0 Å². The van der Waals surface area contributed by atoms with Crippen LogP contribution >= 0.6 is 45.8 Å². The van der Waals surface area contributed by atoms with Crippen molar-refractivity contribution < 1.29 is 0 Å². The highest BCUT2D eigenvalue weighted by atomic mass is 127. The van der Waals surface area contributed by atoms with E-state index in [4.69, 9.17) is 23.2 Å². The molecule has 82 valence electrons. The first-order valence-electron chi connectivity index (χ1n) is 4.80. The van der Waals surface area contributed by atoms with E-state index in [2.05, 4.69) is 47.7 Å². The molecule has 2 aromatic rings. The maximum absolute atomic E-state index is 6.20. The maximum atomic E-state index is 6.20. The summed E-state index contributed by atoms with van der Waals surface area (Å²) in [4.78, 5) is 0. The zero-order valence-corrected chi connectivity index (χ0v) is 12.3. The van der Waals surface area contributed by atoms with Crippen molar-refractivity contribution >= 4 is 45.8 Å². The lowest BCUT2D eigenvalue weighted by Crippen LogP contribution is -1.86. The number of halogens is 3. The second-order valence-corrected chi connectivity index (χ2v) is 5.53. The van der Waals surface area contributed by atoms with Gasteiger partial charge in [-0.2, -0.15) is 0 Å². The van der Waals surface area contributed by atoms with E-state index in [1.807, 2.05) is 12.1 Å². The third-order valence-corrected chi connectivity index (χ3v) is 4.08. The van der Waals surface area contributed by atoms with Gasteiger partial charge in [0.25, 0.3) is 0 Å². The van der Waals surface area contributed by atoms with Crippen molar-refractivity contribution in [1.29, 1.82) is 0 Å². The van der Waals surface area contributed by atoms with E-state index in [0.717, 1.165) is 11.1 Å². The average Bonchev–Trinajstić information content (AvgIpc) is 2.23. The van der Waals surface area contributed by atoms with Crippen LogP contribution in [-0.4, -0.2) is 0 Å². The van der Waals surface area contributed by atoms with Crippen molar-refractivity contribution in [2.45, 2.75) is 6.92 Å². The molecule has 2 rings (SSSR count). The Kier molecular flexibility index (Phi) is 3.77. The quantitative estimate of drug-likeness (QED) is 0.581. The van der Waals surface area contributed by atoms with Gasteiger partial charge in [-0.25, -0.2) is 0 Å². The summed E-state index contributed by atoms with van der Waals surface area (Å²) in [6.07, 6.45) is 0. The first-order chi connectivity index (χ1) is 7.59. The molecule has 0 aliphatic carbocycles. The predicted octanol–water partition coefficient (Wildman–Crippen LogP) is 5.57. The summed E-state index contributed by atoms with van der Waals surface area (Å²) < 4.78 is 1.18. The fourth-order valence-corrected chi connectivity index (χ4v) is 2.91. The zero-order valence-electron chi connectivity index (χ0n) is 8.60. The Morgan fingerprint density at radius 2 is 1.75 bits per heavy atom. The van der Waals surface area contributed by atoms with E-state index in [1.165, 1.54) is 9.13 Å². The minimum absolute atomic E-state index is 0.593. The largest absolute Gasteiger partial charge is 0.0827 e. The minimum Gasteiger partial charge on any atom is -0.0827 e. The van der Waals surface area contributed by atoms with Crippen LogP contribution < -0.4 is 0 Å². The third kappa shape index (κ3) is 2.36. The van der Waals surface area contributed by atoms with E-state index in [-0.39, 0.29) is 0 Å². The normalized spacial score (nSPS) is 10.5. The van der Waals surface area contributed by atoms with Gasteiger partial charge in [0, 0.05) is 9.13 Å². The molecule has 0 spiro atoms. The summed E-state index contributed by atoms with van der Waals surface area (Å²) in [5.74, 6) is 0. The molecule has 0 aromatic heterocycles. The van der Waals surface area contributed by atoms with Gasteiger partial charge < -0.3 is 0 Å². The molecule has 0 nitrogen and oxygen atoms in total. The molecule has 2 aromatic carbocycles. The fourth-order valence-electron chi connectivity index (χ4n) is 1.55. The van der Waals surface area contributed by atoms with Gasteiger partial charge in [0.05, 0.1) is 10.0 Å². The van der Waals surface area contributed by atoms with Crippen LogP contribution in [0.15, 0.2) is 36.4 Å². The highest BCUT2D eigenvalue weighted by molar-refractivity contribution is 14.1. The number of hydrogen-bond acceptors (Lipinski definition) is 0. The Labute approximate surface area is 119 Å². The van der Waals surface area contributed by atoms with E-state index >= 15 is 0 Å². The number of benzene rings is 2. The summed E-state index contributed by atoms with van der Waals surface area (Å²) >= 11 is 14.5. The van der Waals surface area contributed by atoms with Gasteiger partial charge in [0.1, 0.15) is 0 Å². The molecule has 0 fully saturated rings. The third-order valence-electron chi connectivity index (χ3n) is 2.37. The van der Waals surface area contributed by atoms with Gasteiger partial charge in [-0.3, -0.25) is 0 Å². The van der Waals surface area contributed by atoms with Crippen LogP contribution in [0.25, 0.3) is 11.1 Å². The lowest BCUT2D eigenvalue weighted by Gasteiger charge is -2.08. The smallest absolute Gasteiger partial charge is 0.0671 e. The molecule has 16 heavy (non-hydrogen) atoms. The van der Waals surface area contributed by atoms with Gasteiger partial charge in [0.15, 0.2) is 0 Å². The van der Waals surface area contributed by atoms with E-state index < -0.39 is 0 Å². The number of rotatable bonds is 1. The second kappa shape index (κ2) is 4.94. The molecule has 0 aliphatic rings. The lowest BCUT2D eigenvalue weighted by molar-refractivity contribution is 1.44. The summed E-state index contributed by atoms with van der Waals surface area (Å²) in [6, 6.07) is 12.0. The van der Waals surface area contributed by atoms with Crippen molar-refractivity contribution in [3.63, 3.8) is 0 Å². The number of aryl methyl sites for hydroxylation is 1. The van der Waals surface area contributed by atoms with Gasteiger partial charge in [-0.1, -0.05) is 53.0 Å². The molecule has 0 amide bonds. The first-order valence-corrected chi connectivity index (χ1v) is 6.63. The summed E-state index contributed by atoms with van der Waals surface area (Å²) in [5, 5.41) is 1.21. The van der Waals surface area contributed by atoms with Crippen molar-refractivity contribution in [2.24, 2.45) is 0 Å². The average molecular weight is 363 g/mol. The molecule has 0 unspecified atom stereocenters. The SMILES string of the molecule is Cc1ccc(-c2cccc(Cl)c2Cl)c(I)c1. The highest BCUT2D eigenvalue weighted by Crippen LogP contribution is 2.35. The first kappa shape index (κ1) is 12.2. The van der Waals surface area contributed by atoms with Crippen molar-refractivity contribution in [2.75, 3.05) is 0 Å². The van der Waals surface area contributed by atoms with Crippen LogP contribution in [0.2, 0.25) is 10.0 Å². The minimum atomic E-state index is 0.593. The fraction of sp³-hybridized carbons (Fsp3) is 0.0769. The van der Waals surface area contributed by atoms with Gasteiger partial charge >= 0.3 is 0 Å². The monoisotopic (exact) mass is 362 g/mol. The van der Waals surface area contributed by atoms with Crippen LogP contribution in [0.1, 0.15) is 5.56 Å². The Hall–Kier alpha value is -0.250. The Bertz CT molecular complexity index is 535. The second-order valence-electron chi connectivity index (χ2n) is 3.58. The van der Waals surface area contributed by atoms with Gasteiger partial charge in [-0.15, -0.1) is 0 Å². The molecule has 0 N–H and O–H groups in total. The van der Waals surface area contributed by atoms with Crippen LogP contribution in [0, 0.1) is 10.5 Å². The standard InChI is InChI=1S/C13H9Cl2I/c1-8-5-6-9(12(16)7-8)10-3-2-4-11(14)13(10)15/h2-7H,1H3. The van der Waals surface area contributed by atoms with Crippen molar-refractivity contribution in [3.8, 4) is 11.1 Å². The maximum Gasteiger partial charge on any atom is 0.0671 e. The lowest BCUT2D eigenvalue weighted by atomic mass is 10.0. The Morgan fingerprint density at radius 1 is 1.00 bits per heavy atom. The highest BCUT2D eigenvalue weighted by Gasteiger charge is 2.09. The predicted molar refractivity (Wildman–Crippen MR) is 79.4 cm³/mol. The molecular formula is C13H9Cl2I. The van der Waals surface area contributed by atoms with Gasteiger partial charge in [-0.05, 0) is 47.2 Å². The van der Waals surface area contributed by atoms with Crippen molar-refractivity contribution in [3.05, 3.63) is 55.6 Å². The van der Waals surface area contributed by atoms with Crippen LogP contribution in [0.3, 0.4) is 0 Å². The van der Waals surface area contributed by atoms with Gasteiger partial charge in [0.2, 0.25) is 0 Å². The molecule has 0 saturated heterocycles. The molecule has 3 heteroatoms. The molecule has 0 bridgehead atoms. The van der Waals surface area contributed by atoms with Crippen LogP contribution in [-0.2, 0) is 0 Å². The Balaban J connectivity index is 2.63.